The number of carbonyl (C=O) groups is 1. The van der Waals surface area contributed by atoms with Gasteiger partial charge in [-0.1, -0.05) is 18.2 Å². The van der Waals surface area contributed by atoms with E-state index in [4.69, 9.17) is 5.84 Å². The van der Waals surface area contributed by atoms with Gasteiger partial charge >= 0.3 is 0 Å². The molecule has 1 aromatic carbocycles. The lowest BCUT2D eigenvalue weighted by atomic mass is 9.94. The summed E-state index contributed by atoms with van der Waals surface area (Å²) in [6.45, 7) is 4.08. The van der Waals surface area contributed by atoms with Crippen molar-refractivity contribution in [2.24, 2.45) is 5.84 Å². The van der Waals surface area contributed by atoms with Crippen molar-refractivity contribution in [3.8, 4) is 0 Å². The van der Waals surface area contributed by atoms with Gasteiger partial charge in [-0.05, 0) is 37.9 Å². The molecule has 4 N–H and O–H groups in total. The summed E-state index contributed by atoms with van der Waals surface area (Å²) >= 11 is 0. The number of likely N-dealkylation sites (tertiary alicyclic amines) is 1. The molecule has 2 rings (SSSR count). The third kappa shape index (κ3) is 3.53. The van der Waals surface area contributed by atoms with Crippen LogP contribution in [0.25, 0.3) is 0 Å². The highest BCUT2D eigenvalue weighted by atomic mass is 16.3. The molecule has 5 nitrogen and oxygen atoms in total. The van der Waals surface area contributed by atoms with Gasteiger partial charge in [-0.3, -0.25) is 15.1 Å². The van der Waals surface area contributed by atoms with Crippen LogP contribution in [-0.4, -0.2) is 34.6 Å². The molecule has 1 fully saturated rings. The zero-order valence-corrected chi connectivity index (χ0v) is 11.2. The number of benzene rings is 1. The average molecular weight is 263 g/mol. The number of nitrogens with zero attached hydrogens (tertiary/aromatic N) is 1. The molecular weight excluding hydrogens is 242 g/mol. The molecule has 1 atom stereocenters. The fraction of sp³-hybridized carbons (Fsp3) is 0.500. The average Bonchev–Trinajstić information content (AvgIpc) is 2.37. The lowest BCUT2D eigenvalue weighted by Crippen LogP contribution is -2.45. The summed E-state index contributed by atoms with van der Waals surface area (Å²) in [5.74, 6) is 4.92. The second kappa shape index (κ2) is 5.69. The van der Waals surface area contributed by atoms with E-state index < -0.39 is 5.60 Å². The largest absolute Gasteiger partial charge is 0.389 e. The second-order valence-corrected chi connectivity index (χ2v) is 5.44. The third-order valence-electron chi connectivity index (χ3n) is 3.54. The van der Waals surface area contributed by atoms with Crippen LogP contribution in [0, 0.1) is 0 Å². The van der Waals surface area contributed by atoms with Crippen LogP contribution in [0.2, 0.25) is 0 Å². The summed E-state index contributed by atoms with van der Waals surface area (Å²) in [6, 6.07) is 7.42. The number of carbonyl (C=O) groups excluding carboxylic acids is 1. The lowest BCUT2D eigenvalue weighted by molar-refractivity contribution is -0.0181. The van der Waals surface area contributed by atoms with Crippen LogP contribution in [0.4, 0.5) is 0 Å². The molecule has 19 heavy (non-hydrogen) atoms. The Kier molecular flexibility index (Phi) is 4.19. The van der Waals surface area contributed by atoms with Crippen LogP contribution in [0.15, 0.2) is 24.3 Å². The normalized spacial score (nSPS) is 24.2. The van der Waals surface area contributed by atoms with Gasteiger partial charge in [0, 0.05) is 18.7 Å². The Labute approximate surface area is 113 Å². The topological polar surface area (TPSA) is 78.6 Å². The van der Waals surface area contributed by atoms with Crippen LogP contribution in [0.5, 0.6) is 0 Å². The quantitative estimate of drug-likeness (QED) is 0.425. The van der Waals surface area contributed by atoms with E-state index in [9.17, 15) is 9.90 Å². The summed E-state index contributed by atoms with van der Waals surface area (Å²) in [7, 11) is 0. The molecule has 1 saturated heterocycles. The SMILES string of the molecule is CC1(O)CCCN(Cc2ccccc2C(=O)NN)C1. The Morgan fingerprint density at radius 1 is 1.53 bits per heavy atom. The molecule has 104 valence electrons. The lowest BCUT2D eigenvalue weighted by Gasteiger charge is -2.37. The number of β-amino-alcohol motifs (C(OH)–C–C–N with tert-alkyl or cyclic N) is 1. The fourth-order valence-electron chi connectivity index (χ4n) is 2.66. The first-order valence-corrected chi connectivity index (χ1v) is 6.55. The predicted octanol–water partition coefficient (Wildman–Crippen LogP) is 0.637. The van der Waals surface area contributed by atoms with Crippen LogP contribution >= 0.6 is 0 Å². The molecule has 0 radical (unpaired) electrons. The number of piperidine rings is 1. The van der Waals surface area contributed by atoms with Gasteiger partial charge in [0.25, 0.3) is 5.91 Å². The van der Waals surface area contributed by atoms with Gasteiger partial charge in [0.1, 0.15) is 0 Å². The third-order valence-corrected chi connectivity index (χ3v) is 3.54. The molecule has 1 aliphatic rings. The van der Waals surface area contributed by atoms with Crippen LogP contribution in [0.3, 0.4) is 0 Å². The zero-order valence-electron chi connectivity index (χ0n) is 11.2. The maximum atomic E-state index is 11.7. The number of rotatable bonds is 3. The second-order valence-electron chi connectivity index (χ2n) is 5.44. The maximum Gasteiger partial charge on any atom is 0.265 e. The summed E-state index contributed by atoms with van der Waals surface area (Å²) in [5, 5.41) is 10.1. The maximum absolute atomic E-state index is 11.7. The summed E-state index contributed by atoms with van der Waals surface area (Å²) < 4.78 is 0. The predicted molar refractivity (Wildman–Crippen MR) is 73.2 cm³/mol. The first kappa shape index (κ1) is 14.0. The molecule has 0 saturated carbocycles. The molecule has 1 aromatic rings. The smallest absolute Gasteiger partial charge is 0.265 e. The van der Waals surface area contributed by atoms with Crippen LogP contribution in [-0.2, 0) is 6.54 Å². The van der Waals surface area contributed by atoms with Crippen molar-refractivity contribution in [2.75, 3.05) is 13.1 Å². The Balaban J connectivity index is 2.13. The highest BCUT2D eigenvalue weighted by molar-refractivity contribution is 5.95. The number of nitrogen functional groups attached to an aromatic ring is 1. The Morgan fingerprint density at radius 2 is 2.26 bits per heavy atom. The molecule has 1 aliphatic heterocycles. The van der Waals surface area contributed by atoms with Gasteiger partial charge in [0.15, 0.2) is 0 Å². The molecule has 0 bridgehead atoms. The van der Waals surface area contributed by atoms with E-state index >= 15 is 0 Å². The number of hydrogen-bond acceptors (Lipinski definition) is 4. The fourth-order valence-corrected chi connectivity index (χ4v) is 2.66. The van der Waals surface area contributed by atoms with Crippen molar-refractivity contribution in [2.45, 2.75) is 31.9 Å². The molecule has 1 heterocycles. The summed E-state index contributed by atoms with van der Waals surface area (Å²) in [5.41, 5.74) is 3.06. The van der Waals surface area contributed by atoms with Crippen molar-refractivity contribution >= 4 is 5.91 Å². The number of aliphatic hydroxyl groups is 1. The Bertz CT molecular complexity index is 460. The minimum absolute atomic E-state index is 0.278. The van der Waals surface area contributed by atoms with Gasteiger partial charge < -0.3 is 5.11 Å². The standard InChI is InChI=1S/C14H21N3O2/c1-14(19)7-4-8-17(10-14)9-11-5-2-3-6-12(11)13(18)16-15/h2-3,5-6,19H,4,7-10,15H2,1H3,(H,16,18). The number of hydrogen-bond donors (Lipinski definition) is 3. The van der Waals surface area contributed by atoms with Gasteiger partial charge in [-0.25, -0.2) is 5.84 Å². The van der Waals surface area contributed by atoms with Crippen LogP contribution in [0.1, 0.15) is 35.7 Å². The first-order chi connectivity index (χ1) is 9.02. The van der Waals surface area contributed by atoms with Crippen molar-refractivity contribution in [3.05, 3.63) is 35.4 Å². The van der Waals surface area contributed by atoms with E-state index in [0.29, 0.717) is 18.7 Å². The van der Waals surface area contributed by atoms with Crippen LogP contribution < -0.4 is 11.3 Å². The highest BCUT2D eigenvalue weighted by Gasteiger charge is 2.28. The van der Waals surface area contributed by atoms with Crippen molar-refractivity contribution in [1.29, 1.82) is 0 Å². The molecule has 1 unspecified atom stereocenters. The molecule has 1 amide bonds. The molecular formula is C14H21N3O2. The number of nitrogens with one attached hydrogen (secondary N) is 1. The number of amides is 1. The van der Waals surface area contributed by atoms with Gasteiger partial charge in [0.2, 0.25) is 0 Å². The van der Waals surface area contributed by atoms with Gasteiger partial charge in [0.05, 0.1) is 5.60 Å². The molecule has 5 heteroatoms. The van der Waals surface area contributed by atoms with Crippen molar-refractivity contribution in [3.63, 3.8) is 0 Å². The molecule has 0 aliphatic carbocycles. The van der Waals surface area contributed by atoms with Crippen molar-refractivity contribution in [1.82, 2.24) is 10.3 Å². The van der Waals surface area contributed by atoms with Gasteiger partial charge in [-0.2, -0.15) is 0 Å². The molecule has 0 spiro atoms. The number of hydrazine groups is 1. The first-order valence-electron chi connectivity index (χ1n) is 6.55. The van der Waals surface area contributed by atoms with E-state index in [1.807, 2.05) is 25.1 Å². The Morgan fingerprint density at radius 3 is 2.95 bits per heavy atom. The van der Waals surface area contributed by atoms with E-state index in [0.717, 1.165) is 24.9 Å². The number of nitrogens with two attached hydrogens (primary N) is 1. The van der Waals surface area contributed by atoms with E-state index in [-0.39, 0.29) is 5.91 Å². The monoisotopic (exact) mass is 263 g/mol. The van der Waals surface area contributed by atoms with E-state index in [1.54, 1.807) is 6.07 Å². The highest BCUT2D eigenvalue weighted by Crippen LogP contribution is 2.22. The Hall–Kier alpha value is -1.43. The van der Waals surface area contributed by atoms with E-state index in [2.05, 4.69) is 10.3 Å². The minimum Gasteiger partial charge on any atom is -0.389 e. The molecule has 0 aromatic heterocycles. The zero-order chi connectivity index (χ0) is 13.9. The van der Waals surface area contributed by atoms with Crippen molar-refractivity contribution < 1.29 is 9.90 Å². The summed E-state index contributed by atoms with van der Waals surface area (Å²) in [6.07, 6.45) is 1.80. The summed E-state index contributed by atoms with van der Waals surface area (Å²) in [4.78, 5) is 13.9. The van der Waals surface area contributed by atoms with E-state index in [1.165, 1.54) is 0 Å². The van der Waals surface area contributed by atoms with Gasteiger partial charge in [-0.15, -0.1) is 0 Å². The minimum atomic E-state index is -0.636.